The molecule has 0 fully saturated rings. The minimum Gasteiger partial charge on any atom is -0.481 e. The maximum Gasteiger partial charge on any atom is 0.305 e. The average Bonchev–Trinajstić information content (AvgIpc) is 2.87. The molecule has 21 heavy (non-hydrogen) atoms. The number of nitrogens with zero attached hydrogens (tertiary/aromatic N) is 1. The number of hydrogen-bond acceptors (Lipinski definition) is 3. The lowest BCUT2D eigenvalue weighted by molar-refractivity contribution is -0.136. The van der Waals surface area contributed by atoms with Crippen LogP contribution in [-0.2, 0) is 4.79 Å². The van der Waals surface area contributed by atoms with Gasteiger partial charge in [-0.3, -0.25) is 9.59 Å². The van der Waals surface area contributed by atoms with Crippen molar-refractivity contribution in [3.05, 3.63) is 51.7 Å². The van der Waals surface area contributed by atoms with Crippen molar-refractivity contribution in [1.82, 2.24) is 0 Å². The number of hydrogen-bond donors (Lipinski definition) is 1. The summed E-state index contributed by atoms with van der Waals surface area (Å²) >= 11 is 1.42. The molecule has 2 aromatic rings. The highest BCUT2D eigenvalue weighted by Crippen LogP contribution is 2.22. The van der Waals surface area contributed by atoms with E-state index in [0.29, 0.717) is 4.88 Å². The van der Waals surface area contributed by atoms with Crippen LogP contribution in [0.25, 0.3) is 0 Å². The summed E-state index contributed by atoms with van der Waals surface area (Å²) in [6.45, 7) is 4.07. The number of benzene rings is 1. The molecule has 4 nitrogen and oxygen atoms in total. The molecular weight excluding hydrogens is 286 g/mol. The molecular formula is C16H17NO3S. The van der Waals surface area contributed by atoms with Gasteiger partial charge in [0.25, 0.3) is 5.91 Å². The second-order valence-electron chi connectivity index (χ2n) is 4.85. The zero-order valence-electron chi connectivity index (χ0n) is 12.0. The van der Waals surface area contributed by atoms with Crippen LogP contribution in [0.3, 0.4) is 0 Å². The fraction of sp³-hybridized carbons (Fsp3) is 0.250. The Morgan fingerprint density at radius 1 is 1.10 bits per heavy atom. The van der Waals surface area contributed by atoms with Crippen LogP contribution in [0.5, 0.6) is 0 Å². The molecule has 110 valence electrons. The third-order valence-corrected chi connectivity index (χ3v) is 4.08. The van der Waals surface area contributed by atoms with Crippen molar-refractivity contribution in [3.8, 4) is 0 Å². The zero-order chi connectivity index (χ0) is 15.4. The average molecular weight is 303 g/mol. The second kappa shape index (κ2) is 6.54. The molecule has 1 N–H and O–H groups in total. The number of aliphatic carboxylic acids is 1. The molecule has 0 saturated carbocycles. The van der Waals surface area contributed by atoms with E-state index in [2.05, 4.69) is 0 Å². The highest BCUT2D eigenvalue weighted by molar-refractivity contribution is 7.14. The highest BCUT2D eigenvalue weighted by atomic mass is 32.1. The summed E-state index contributed by atoms with van der Waals surface area (Å²) in [4.78, 5) is 26.6. The molecule has 0 saturated heterocycles. The number of anilines is 1. The summed E-state index contributed by atoms with van der Waals surface area (Å²) in [5.74, 6) is -1.07. The van der Waals surface area contributed by atoms with E-state index < -0.39 is 5.97 Å². The Labute approximate surface area is 127 Å². The molecule has 2 rings (SSSR count). The van der Waals surface area contributed by atoms with E-state index in [9.17, 15) is 9.59 Å². The number of amides is 1. The highest BCUT2D eigenvalue weighted by Gasteiger charge is 2.19. The number of carboxylic acid groups (broad SMARTS) is 1. The van der Waals surface area contributed by atoms with E-state index in [1.54, 1.807) is 6.07 Å². The van der Waals surface area contributed by atoms with Gasteiger partial charge in [-0.25, -0.2) is 0 Å². The van der Waals surface area contributed by atoms with Gasteiger partial charge in [0.05, 0.1) is 11.3 Å². The SMILES string of the molecule is Cc1ccc(N(CCC(=O)O)C(=O)c2ccc(C)s2)cc1. The molecule has 1 heterocycles. The molecule has 0 atom stereocenters. The van der Waals surface area contributed by atoms with Crippen LogP contribution in [0.15, 0.2) is 36.4 Å². The fourth-order valence-electron chi connectivity index (χ4n) is 1.96. The fourth-order valence-corrected chi connectivity index (χ4v) is 2.78. The lowest BCUT2D eigenvalue weighted by Crippen LogP contribution is -2.32. The molecule has 0 bridgehead atoms. The normalized spacial score (nSPS) is 10.4. The minimum atomic E-state index is -0.915. The molecule has 0 radical (unpaired) electrons. The molecule has 1 aromatic heterocycles. The van der Waals surface area contributed by atoms with Gasteiger partial charge in [0.15, 0.2) is 0 Å². The van der Waals surface area contributed by atoms with Gasteiger partial charge in [0.1, 0.15) is 0 Å². The van der Waals surface area contributed by atoms with Crippen LogP contribution >= 0.6 is 11.3 Å². The molecule has 5 heteroatoms. The van der Waals surface area contributed by atoms with E-state index in [1.807, 2.05) is 44.2 Å². The van der Waals surface area contributed by atoms with Gasteiger partial charge >= 0.3 is 5.97 Å². The van der Waals surface area contributed by atoms with Crippen LogP contribution < -0.4 is 4.90 Å². The maximum absolute atomic E-state index is 12.6. The molecule has 1 aromatic carbocycles. The number of carboxylic acids is 1. The van der Waals surface area contributed by atoms with Crippen molar-refractivity contribution in [1.29, 1.82) is 0 Å². The van der Waals surface area contributed by atoms with Gasteiger partial charge in [-0.2, -0.15) is 0 Å². The lowest BCUT2D eigenvalue weighted by atomic mass is 10.2. The number of aryl methyl sites for hydroxylation is 2. The molecule has 0 aliphatic carbocycles. The first-order valence-corrected chi connectivity index (χ1v) is 7.46. The van der Waals surface area contributed by atoms with E-state index in [4.69, 9.17) is 5.11 Å². The first-order chi connectivity index (χ1) is 9.97. The summed E-state index contributed by atoms with van der Waals surface area (Å²) in [5, 5.41) is 8.87. The predicted octanol–water partition coefficient (Wildman–Crippen LogP) is 3.49. The summed E-state index contributed by atoms with van der Waals surface area (Å²) in [6, 6.07) is 11.2. The Hall–Kier alpha value is -2.14. The van der Waals surface area contributed by atoms with E-state index in [0.717, 1.165) is 16.1 Å². The smallest absolute Gasteiger partial charge is 0.305 e. The third kappa shape index (κ3) is 3.92. The van der Waals surface area contributed by atoms with E-state index >= 15 is 0 Å². The summed E-state index contributed by atoms with van der Waals surface area (Å²) in [7, 11) is 0. The van der Waals surface area contributed by atoms with Crippen LogP contribution in [0, 0.1) is 13.8 Å². The standard InChI is InChI=1S/C16H17NO3S/c1-11-3-6-13(7-4-11)17(10-9-15(18)19)16(20)14-8-5-12(2)21-14/h3-8H,9-10H2,1-2H3,(H,18,19). The molecule has 0 unspecified atom stereocenters. The number of rotatable bonds is 5. The van der Waals surface area contributed by atoms with Crippen molar-refractivity contribution in [3.63, 3.8) is 0 Å². The van der Waals surface area contributed by atoms with Crippen LogP contribution in [-0.4, -0.2) is 23.5 Å². The molecule has 0 aliphatic heterocycles. The monoisotopic (exact) mass is 303 g/mol. The number of thiophene rings is 1. The number of carbonyl (C=O) groups is 2. The van der Waals surface area contributed by atoms with Gasteiger partial charge in [-0.15, -0.1) is 11.3 Å². The van der Waals surface area contributed by atoms with E-state index in [1.165, 1.54) is 16.2 Å². The maximum atomic E-state index is 12.6. The Bertz CT molecular complexity index is 646. The molecule has 0 aliphatic rings. The van der Waals surface area contributed by atoms with Crippen molar-refractivity contribution in [2.24, 2.45) is 0 Å². The summed E-state index contributed by atoms with van der Waals surface area (Å²) in [5.41, 5.74) is 1.81. The first kappa shape index (κ1) is 15.3. The Balaban J connectivity index is 2.28. The van der Waals surface area contributed by atoms with Crippen molar-refractivity contribution < 1.29 is 14.7 Å². The van der Waals surface area contributed by atoms with E-state index in [-0.39, 0.29) is 18.9 Å². The van der Waals surface area contributed by atoms with Gasteiger partial charge in [-0.1, -0.05) is 17.7 Å². The number of carbonyl (C=O) groups excluding carboxylic acids is 1. The van der Waals surface area contributed by atoms with Crippen LogP contribution in [0.2, 0.25) is 0 Å². The topological polar surface area (TPSA) is 57.6 Å². The second-order valence-corrected chi connectivity index (χ2v) is 6.13. The Kier molecular flexibility index (Phi) is 4.75. The Morgan fingerprint density at radius 2 is 1.76 bits per heavy atom. The van der Waals surface area contributed by atoms with Gasteiger partial charge < -0.3 is 10.0 Å². The molecule has 1 amide bonds. The van der Waals surface area contributed by atoms with Crippen LogP contribution in [0.1, 0.15) is 26.5 Å². The van der Waals surface area contributed by atoms with Crippen LogP contribution in [0.4, 0.5) is 5.69 Å². The quantitative estimate of drug-likeness (QED) is 0.920. The van der Waals surface area contributed by atoms with Gasteiger partial charge in [-0.05, 0) is 38.1 Å². The zero-order valence-corrected chi connectivity index (χ0v) is 12.8. The third-order valence-electron chi connectivity index (χ3n) is 3.09. The van der Waals surface area contributed by atoms with Crippen molar-refractivity contribution >= 4 is 28.9 Å². The summed E-state index contributed by atoms with van der Waals surface area (Å²) in [6.07, 6.45) is -0.0794. The van der Waals surface area contributed by atoms with Gasteiger partial charge in [0.2, 0.25) is 0 Å². The first-order valence-electron chi connectivity index (χ1n) is 6.64. The predicted molar refractivity (Wildman–Crippen MR) is 84.2 cm³/mol. The summed E-state index contributed by atoms with van der Waals surface area (Å²) < 4.78 is 0. The van der Waals surface area contributed by atoms with Crippen molar-refractivity contribution in [2.75, 3.05) is 11.4 Å². The van der Waals surface area contributed by atoms with Gasteiger partial charge in [0, 0.05) is 17.1 Å². The van der Waals surface area contributed by atoms with Crippen molar-refractivity contribution in [2.45, 2.75) is 20.3 Å². The Morgan fingerprint density at radius 3 is 2.29 bits per heavy atom. The molecule has 0 spiro atoms. The minimum absolute atomic E-state index is 0.0794. The lowest BCUT2D eigenvalue weighted by Gasteiger charge is -2.21. The largest absolute Gasteiger partial charge is 0.481 e.